The van der Waals surface area contributed by atoms with Gasteiger partial charge in [0.1, 0.15) is 5.82 Å². The zero-order valence-electron chi connectivity index (χ0n) is 11.7. The Balaban J connectivity index is 1.92. The number of rotatable bonds is 5. The second-order valence-electron chi connectivity index (χ2n) is 5.17. The molecule has 2 rings (SSSR count). The van der Waals surface area contributed by atoms with Gasteiger partial charge in [0.2, 0.25) is 0 Å². The number of benzene rings is 2. The van der Waals surface area contributed by atoms with Crippen LogP contribution in [0.1, 0.15) is 31.0 Å². The second-order valence-corrected chi connectivity index (χ2v) is 5.61. The number of nitrogens with one attached hydrogen (secondary N) is 1. The lowest BCUT2D eigenvalue weighted by Gasteiger charge is -2.20. The Bertz CT molecular complexity index is 536. The van der Waals surface area contributed by atoms with Crippen molar-refractivity contribution in [3.8, 4) is 0 Å². The van der Waals surface area contributed by atoms with Gasteiger partial charge < -0.3 is 5.32 Å². The van der Waals surface area contributed by atoms with Gasteiger partial charge in [-0.1, -0.05) is 35.9 Å². The summed E-state index contributed by atoms with van der Waals surface area (Å²) in [6.07, 6.45) is 0.873. The molecule has 2 aromatic rings. The Morgan fingerprint density at radius 2 is 1.60 bits per heavy atom. The van der Waals surface area contributed by atoms with Gasteiger partial charge in [0, 0.05) is 17.1 Å². The number of halogens is 2. The van der Waals surface area contributed by atoms with Crippen LogP contribution in [0.4, 0.5) is 4.39 Å². The molecule has 3 heteroatoms. The summed E-state index contributed by atoms with van der Waals surface area (Å²) in [4.78, 5) is 0. The fourth-order valence-corrected chi connectivity index (χ4v) is 2.43. The van der Waals surface area contributed by atoms with E-state index in [-0.39, 0.29) is 11.9 Å². The quantitative estimate of drug-likeness (QED) is 0.837. The van der Waals surface area contributed by atoms with Crippen LogP contribution in [0.3, 0.4) is 0 Å². The Morgan fingerprint density at radius 1 is 1.00 bits per heavy atom. The van der Waals surface area contributed by atoms with E-state index in [1.807, 2.05) is 36.4 Å². The normalized spacial score (nSPS) is 14.0. The van der Waals surface area contributed by atoms with Crippen molar-refractivity contribution in [1.82, 2.24) is 5.32 Å². The molecular weight excluding hydrogens is 273 g/mol. The highest BCUT2D eigenvalue weighted by atomic mass is 35.5. The summed E-state index contributed by atoms with van der Waals surface area (Å²) in [7, 11) is 0. The first-order valence-corrected chi connectivity index (χ1v) is 7.18. The zero-order valence-corrected chi connectivity index (χ0v) is 12.5. The van der Waals surface area contributed by atoms with E-state index in [1.165, 1.54) is 17.7 Å². The molecule has 0 saturated heterocycles. The molecule has 1 N–H and O–H groups in total. The summed E-state index contributed by atoms with van der Waals surface area (Å²) in [5.41, 5.74) is 2.34. The Hall–Kier alpha value is -1.38. The highest BCUT2D eigenvalue weighted by molar-refractivity contribution is 6.30. The minimum Gasteiger partial charge on any atom is -0.307 e. The molecule has 0 aromatic heterocycles. The van der Waals surface area contributed by atoms with E-state index < -0.39 is 0 Å². The average molecular weight is 292 g/mol. The average Bonchev–Trinajstić information content (AvgIpc) is 2.42. The van der Waals surface area contributed by atoms with Crippen LogP contribution in [0.2, 0.25) is 5.02 Å². The van der Waals surface area contributed by atoms with Crippen LogP contribution < -0.4 is 5.32 Å². The molecule has 0 heterocycles. The third-order valence-electron chi connectivity index (χ3n) is 3.36. The van der Waals surface area contributed by atoms with Crippen LogP contribution in [-0.2, 0) is 6.42 Å². The van der Waals surface area contributed by atoms with E-state index in [0.29, 0.717) is 6.04 Å². The van der Waals surface area contributed by atoms with Crippen molar-refractivity contribution in [3.63, 3.8) is 0 Å². The fourth-order valence-electron chi connectivity index (χ4n) is 2.31. The lowest BCUT2D eigenvalue weighted by atomic mass is 10.0. The molecule has 106 valence electrons. The molecule has 0 aliphatic carbocycles. The molecule has 0 amide bonds. The highest BCUT2D eigenvalue weighted by Gasteiger charge is 2.10. The van der Waals surface area contributed by atoms with Gasteiger partial charge in [-0.2, -0.15) is 0 Å². The monoisotopic (exact) mass is 291 g/mol. The maximum Gasteiger partial charge on any atom is 0.123 e. The van der Waals surface area contributed by atoms with E-state index in [0.717, 1.165) is 17.0 Å². The first-order valence-electron chi connectivity index (χ1n) is 6.80. The fraction of sp³-hybridized carbons (Fsp3) is 0.294. The smallest absolute Gasteiger partial charge is 0.123 e. The van der Waals surface area contributed by atoms with Crippen LogP contribution in [0.5, 0.6) is 0 Å². The largest absolute Gasteiger partial charge is 0.307 e. The minimum absolute atomic E-state index is 0.191. The predicted octanol–water partition coefficient (Wildman–Crippen LogP) is 4.76. The molecule has 0 saturated carbocycles. The van der Waals surface area contributed by atoms with Gasteiger partial charge in [0.05, 0.1) is 0 Å². The summed E-state index contributed by atoms with van der Waals surface area (Å²) < 4.78 is 12.9. The maximum absolute atomic E-state index is 12.9. The molecule has 0 bridgehead atoms. The second kappa shape index (κ2) is 6.87. The van der Waals surface area contributed by atoms with E-state index in [2.05, 4.69) is 19.2 Å². The standard InChI is InChI=1S/C17H19ClFN/c1-12(11-14-3-9-17(19)10-4-14)20-13(2)15-5-7-16(18)8-6-15/h3-10,12-13,20H,11H2,1-2H3/t12?,13-/m0/s1. The van der Waals surface area contributed by atoms with Gasteiger partial charge in [0.15, 0.2) is 0 Å². The van der Waals surface area contributed by atoms with Crippen molar-refractivity contribution >= 4 is 11.6 Å². The summed E-state index contributed by atoms with van der Waals surface area (Å²) in [5.74, 6) is -0.191. The SMILES string of the molecule is CC(Cc1ccc(F)cc1)N[C@@H](C)c1ccc(Cl)cc1. The van der Waals surface area contributed by atoms with Crippen molar-refractivity contribution in [1.29, 1.82) is 0 Å². The van der Waals surface area contributed by atoms with Crippen molar-refractivity contribution in [2.24, 2.45) is 0 Å². The van der Waals surface area contributed by atoms with Gasteiger partial charge in [-0.15, -0.1) is 0 Å². The molecular formula is C17H19ClFN. The molecule has 2 aromatic carbocycles. The van der Waals surface area contributed by atoms with Gasteiger partial charge in [-0.05, 0) is 55.7 Å². The predicted molar refractivity (Wildman–Crippen MR) is 82.6 cm³/mol. The van der Waals surface area contributed by atoms with Crippen LogP contribution in [-0.4, -0.2) is 6.04 Å². The topological polar surface area (TPSA) is 12.0 Å². The molecule has 0 aliphatic rings. The molecule has 1 nitrogen and oxygen atoms in total. The molecule has 0 spiro atoms. The van der Waals surface area contributed by atoms with E-state index >= 15 is 0 Å². The van der Waals surface area contributed by atoms with Gasteiger partial charge in [0.25, 0.3) is 0 Å². The van der Waals surface area contributed by atoms with Crippen LogP contribution in [0, 0.1) is 5.82 Å². The van der Waals surface area contributed by atoms with E-state index in [9.17, 15) is 4.39 Å². The zero-order chi connectivity index (χ0) is 14.5. The maximum atomic E-state index is 12.9. The van der Waals surface area contributed by atoms with Gasteiger partial charge in [-0.25, -0.2) is 4.39 Å². The van der Waals surface area contributed by atoms with Crippen LogP contribution in [0.25, 0.3) is 0 Å². The van der Waals surface area contributed by atoms with Gasteiger partial charge in [-0.3, -0.25) is 0 Å². The van der Waals surface area contributed by atoms with E-state index in [1.54, 1.807) is 0 Å². The summed E-state index contributed by atoms with van der Waals surface area (Å²) >= 11 is 5.89. The van der Waals surface area contributed by atoms with Crippen molar-refractivity contribution in [3.05, 3.63) is 70.5 Å². The molecule has 20 heavy (non-hydrogen) atoms. The third kappa shape index (κ3) is 4.32. The first kappa shape index (κ1) is 15.0. The lowest BCUT2D eigenvalue weighted by molar-refractivity contribution is 0.477. The summed E-state index contributed by atoms with van der Waals surface area (Å²) in [6, 6.07) is 15.1. The molecule has 2 atom stereocenters. The Morgan fingerprint density at radius 3 is 2.20 bits per heavy atom. The number of hydrogen-bond donors (Lipinski definition) is 1. The van der Waals surface area contributed by atoms with Crippen LogP contribution in [0.15, 0.2) is 48.5 Å². The molecule has 1 unspecified atom stereocenters. The van der Waals surface area contributed by atoms with E-state index in [4.69, 9.17) is 11.6 Å². The van der Waals surface area contributed by atoms with Gasteiger partial charge >= 0.3 is 0 Å². The minimum atomic E-state index is -0.191. The third-order valence-corrected chi connectivity index (χ3v) is 3.61. The summed E-state index contributed by atoms with van der Waals surface area (Å²) in [5, 5.41) is 4.29. The van der Waals surface area contributed by atoms with Crippen molar-refractivity contribution in [2.45, 2.75) is 32.4 Å². The first-order chi connectivity index (χ1) is 9.54. The molecule has 0 radical (unpaired) electrons. The molecule has 0 fully saturated rings. The Labute approximate surface area is 124 Å². The van der Waals surface area contributed by atoms with Crippen molar-refractivity contribution in [2.75, 3.05) is 0 Å². The van der Waals surface area contributed by atoms with Crippen molar-refractivity contribution < 1.29 is 4.39 Å². The van der Waals surface area contributed by atoms with Crippen LogP contribution >= 0.6 is 11.6 Å². The number of hydrogen-bond acceptors (Lipinski definition) is 1. The summed E-state index contributed by atoms with van der Waals surface area (Å²) in [6.45, 7) is 4.26. The molecule has 0 aliphatic heterocycles. The Kier molecular flexibility index (Phi) is 5.16. The highest BCUT2D eigenvalue weighted by Crippen LogP contribution is 2.17. The lowest BCUT2D eigenvalue weighted by Crippen LogP contribution is -2.30.